The number of nitrogens with zero attached hydrogens (tertiary/aromatic N) is 2. The molecule has 2 rings (SSSR count). The minimum Gasteiger partial charge on any atom is -0.397 e. The van der Waals surface area contributed by atoms with E-state index in [1.54, 1.807) is 6.20 Å². The second-order valence-corrected chi connectivity index (χ2v) is 5.10. The molecule has 1 aliphatic heterocycles. The van der Waals surface area contributed by atoms with E-state index in [1.807, 2.05) is 12.1 Å². The van der Waals surface area contributed by atoms with Crippen molar-refractivity contribution < 1.29 is 0 Å². The molecule has 0 bridgehead atoms. The summed E-state index contributed by atoms with van der Waals surface area (Å²) in [5.41, 5.74) is 6.31. The fourth-order valence-electron chi connectivity index (χ4n) is 2.26. The van der Waals surface area contributed by atoms with Gasteiger partial charge in [0.25, 0.3) is 0 Å². The highest BCUT2D eigenvalue weighted by atomic mass is 15.2. The lowest BCUT2D eigenvalue weighted by atomic mass is 10.1. The van der Waals surface area contributed by atoms with E-state index in [1.165, 1.54) is 19.5 Å². The molecular formula is C13H22N4. The highest BCUT2D eigenvalue weighted by molar-refractivity contribution is 5.43. The Bertz CT molecular complexity index is 347. The van der Waals surface area contributed by atoms with Crippen molar-refractivity contribution in [2.75, 3.05) is 30.7 Å². The van der Waals surface area contributed by atoms with E-state index in [0.717, 1.165) is 18.3 Å². The van der Waals surface area contributed by atoms with Crippen LogP contribution in [0.4, 0.5) is 11.5 Å². The van der Waals surface area contributed by atoms with Crippen molar-refractivity contribution in [2.45, 2.75) is 26.3 Å². The van der Waals surface area contributed by atoms with Gasteiger partial charge in [0.2, 0.25) is 0 Å². The van der Waals surface area contributed by atoms with Crippen LogP contribution in [0.3, 0.4) is 0 Å². The lowest BCUT2D eigenvalue weighted by Crippen LogP contribution is -2.29. The van der Waals surface area contributed by atoms with Gasteiger partial charge in [0.1, 0.15) is 5.82 Å². The first-order chi connectivity index (χ1) is 8.15. The lowest BCUT2D eigenvalue weighted by molar-refractivity contribution is 0.266. The monoisotopic (exact) mass is 234 g/mol. The minimum absolute atomic E-state index is 0.662. The van der Waals surface area contributed by atoms with Crippen LogP contribution in [0.2, 0.25) is 0 Å². The average molecular weight is 234 g/mol. The predicted octanol–water partition coefficient (Wildman–Crippen LogP) is 1.81. The van der Waals surface area contributed by atoms with E-state index in [4.69, 9.17) is 5.73 Å². The molecule has 0 aromatic carbocycles. The molecule has 1 aromatic rings. The number of hydrogen-bond donors (Lipinski definition) is 2. The van der Waals surface area contributed by atoms with Gasteiger partial charge in [-0.2, -0.15) is 0 Å². The molecule has 2 heterocycles. The van der Waals surface area contributed by atoms with E-state index < -0.39 is 0 Å². The highest BCUT2D eigenvalue weighted by Crippen LogP contribution is 2.19. The van der Waals surface area contributed by atoms with Crippen molar-refractivity contribution in [2.24, 2.45) is 5.92 Å². The Kier molecular flexibility index (Phi) is 3.84. The molecule has 0 amide bonds. The van der Waals surface area contributed by atoms with Crippen LogP contribution in [-0.4, -0.2) is 35.6 Å². The Hall–Kier alpha value is -1.29. The molecule has 0 spiro atoms. The van der Waals surface area contributed by atoms with E-state index in [2.05, 4.69) is 29.0 Å². The zero-order valence-corrected chi connectivity index (χ0v) is 10.7. The van der Waals surface area contributed by atoms with Crippen LogP contribution >= 0.6 is 0 Å². The maximum absolute atomic E-state index is 5.60. The third-order valence-electron chi connectivity index (χ3n) is 3.41. The van der Waals surface area contributed by atoms with Crippen molar-refractivity contribution in [3.63, 3.8) is 0 Å². The molecule has 1 aromatic heterocycles. The van der Waals surface area contributed by atoms with Crippen LogP contribution in [-0.2, 0) is 0 Å². The molecule has 3 N–H and O–H groups in total. The molecule has 1 fully saturated rings. The molecule has 1 atom stereocenters. The Labute approximate surface area is 103 Å². The maximum atomic E-state index is 5.60. The topological polar surface area (TPSA) is 54.2 Å². The van der Waals surface area contributed by atoms with Gasteiger partial charge in [-0.1, -0.05) is 0 Å². The normalized spacial score (nSPS) is 21.0. The molecule has 0 saturated carbocycles. The molecule has 17 heavy (non-hydrogen) atoms. The summed E-state index contributed by atoms with van der Waals surface area (Å²) in [5, 5.41) is 3.38. The Balaban J connectivity index is 1.78. The number of anilines is 2. The highest BCUT2D eigenvalue weighted by Gasteiger charge is 2.23. The standard InChI is InChI=1S/C13H22N4/c1-10(2)17-6-5-11(9-17)7-15-13-4-3-12(14)8-16-13/h3-4,8,10-11H,5-7,9,14H2,1-2H3,(H,15,16). The Morgan fingerprint density at radius 1 is 1.53 bits per heavy atom. The van der Waals surface area contributed by atoms with Crippen molar-refractivity contribution in [3.05, 3.63) is 18.3 Å². The van der Waals surface area contributed by atoms with Crippen LogP contribution in [0.1, 0.15) is 20.3 Å². The summed E-state index contributed by atoms with van der Waals surface area (Å²) in [6.07, 6.45) is 2.97. The fourth-order valence-corrected chi connectivity index (χ4v) is 2.26. The Morgan fingerprint density at radius 3 is 2.94 bits per heavy atom. The zero-order chi connectivity index (χ0) is 12.3. The van der Waals surface area contributed by atoms with Gasteiger partial charge in [-0.3, -0.25) is 0 Å². The van der Waals surface area contributed by atoms with Gasteiger partial charge in [0.15, 0.2) is 0 Å². The predicted molar refractivity (Wildman–Crippen MR) is 72.0 cm³/mol. The summed E-state index contributed by atoms with van der Waals surface area (Å²) in [6.45, 7) is 7.94. The number of hydrogen-bond acceptors (Lipinski definition) is 4. The van der Waals surface area contributed by atoms with E-state index in [-0.39, 0.29) is 0 Å². The van der Waals surface area contributed by atoms with Crippen LogP contribution < -0.4 is 11.1 Å². The Morgan fingerprint density at radius 2 is 2.35 bits per heavy atom. The van der Waals surface area contributed by atoms with E-state index in [0.29, 0.717) is 11.7 Å². The fraction of sp³-hybridized carbons (Fsp3) is 0.615. The first kappa shape index (κ1) is 12.2. The molecule has 0 aliphatic carbocycles. The quantitative estimate of drug-likeness (QED) is 0.834. The number of nitrogens with two attached hydrogens (primary N) is 1. The summed E-state index contributed by atoms with van der Waals surface area (Å²) in [6, 6.07) is 4.48. The van der Waals surface area contributed by atoms with Gasteiger partial charge < -0.3 is 16.0 Å². The van der Waals surface area contributed by atoms with Crippen molar-refractivity contribution in [1.29, 1.82) is 0 Å². The molecule has 1 unspecified atom stereocenters. The zero-order valence-electron chi connectivity index (χ0n) is 10.7. The molecular weight excluding hydrogens is 212 g/mol. The van der Waals surface area contributed by atoms with Crippen LogP contribution in [0.5, 0.6) is 0 Å². The molecule has 0 radical (unpaired) electrons. The van der Waals surface area contributed by atoms with Crippen LogP contribution in [0, 0.1) is 5.92 Å². The number of aromatic nitrogens is 1. The van der Waals surface area contributed by atoms with Crippen molar-refractivity contribution in [3.8, 4) is 0 Å². The summed E-state index contributed by atoms with van der Waals surface area (Å²) < 4.78 is 0. The molecule has 94 valence electrons. The van der Waals surface area contributed by atoms with Gasteiger partial charge in [0.05, 0.1) is 11.9 Å². The number of rotatable bonds is 4. The summed E-state index contributed by atoms with van der Waals surface area (Å²) in [4.78, 5) is 6.77. The second-order valence-electron chi connectivity index (χ2n) is 5.10. The van der Waals surface area contributed by atoms with Gasteiger partial charge >= 0.3 is 0 Å². The van der Waals surface area contributed by atoms with E-state index >= 15 is 0 Å². The van der Waals surface area contributed by atoms with E-state index in [9.17, 15) is 0 Å². The number of pyridine rings is 1. The van der Waals surface area contributed by atoms with Gasteiger partial charge in [-0.05, 0) is 44.9 Å². The van der Waals surface area contributed by atoms with Crippen LogP contribution in [0.25, 0.3) is 0 Å². The molecule has 4 nitrogen and oxygen atoms in total. The molecule has 1 aliphatic rings. The van der Waals surface area contributed by atoms with Gasteiger partial charge in [0, 0.05) is 19.1 Å². The third-order valence-corrected chi connectivity index (χ3v) is 3.41. The SMILES string of the molecule is CC(C)N1CCC(CNc2ccc(N)cn2)C1. The van der Waals surface area contributed by atoms with Crippen molar-refractivity contribution >= 4 is 11.5 Å². The number of likely N-dealkylation sites (tertiary alicyclic amines) is 1. The second kappa shape index (κ2) is 5.36. The van der Waals surface area contributed by atoms with Gasteiger partial charge in [-0.25, -0.2) is 4.98 Å². The van der Waals surface area contributed by atoms with Crippen molar-refractivity contribution in [1.82, 2.24) is 9.88 Å². The molecule has 1 saturated heterocycles. The summed E-state index contributed by atoms with van der Waals surface area (Å²) in [7, 11) is 0. The number of nitrogen functional groups attached to an aromatic ring is 1. The maximum Gasteiger partial charge on any atom is 0.126 e. The smallest absolute Gasteiger partial charge is 0.126 e. The minimum atomic E-state index is 0.662. The summed E-state index contributed by atoms with van der Waals surface area (Å²) >= 11 is 0. The van der Waals surface area contributed by atoms with Gasteiger partial charge in [-0.15, -0.1) is 0 Å². The third kappa shape index (κ3) is 3.33. The first-order valence-corrected chi connectivity index (χ1v) is 6.34. The lowest BCUT2D eigenvalue weighted by Gasteiger charge is -2.20. The first-order valence-electron chi connectivity index (χ1n) is 6.34. The number of nitrogens with one attached hydrogen (secondary N) is 1. The summed E-state index contributed by atoms with van der Waals surface area (Å²) in [5.74, 6) is 1.65. The van der Waals surface area contributed by atoms with Crippen LogP contribution in [0.15, 0.2) is 18.3 Å². The molecule has 4 heteroatoms. The largest absolute Gasteiger partial charge is 0.397 e. The average Bonchev–Trinajstić information content (AvgIpc) is 2.77.